The van der Waals surface area contributed by atoms with E-state index >= 15 is 0 Å². The average Bonchev–Trinajstić information content (AvgIpc) is 3.30. The van der Waals surface area contributed by atoms with Crippen LogP contribution in [0.15, 0.2) is 57.7 Å². The molecule has 1 aromatic carbocycles. The topological polar surface area (TPSA) is 78.4 Å². The summed E-state index contributed by atoms with van der Waals surface area (Å²) in [6.07, 6.45) is 5.30. The van der Waals surface area contributed by atoms with Crippen molar-refractivity contribution in [2.75, 3.05) is 0 Å². The quantitative estimate of drug-likeness (QED) is 0.509. The molecule has 3 rings (SSSR count). The van der Waals surface area contributed by atoms with E-state index in [0.29, 0.717) is 11.6 Å². The molecule has 0 bridgehead atoms. The van der Waals surface area contributed by atoms with Crippen LogP contribution in [0.4, 0.5) is 0 Å². The number of ether oxygens (including phenoxy) is 1. The fourth-order valence-electron chi connectivity index (χ4n) is 2.04. The number of hydrogen-bond donors (Lipinski definition) is 0. The van der Waals surface area contributed by atoms with E-state index in [0.717, 1.165) is 12.0 Å². The van der Waals surface area contributed by atoms with E-state index < -0.39 is 5.97 Å². The van der Waals surface area contributed by atoms with Gasteiger partial charge in [-0.05, 0) is 30.2 Å². The van der Waals surface area contributed by atoms with Crippen LogP contribution >= 0.6 is 0 Å². The normalized spacial score (nSPS) is 11.0. The van der Waals surface area contributed by atoms with Crippen LogP contribution in [0.25, 0.3) is 17.5 Å². The second kappa shape index (κ2) is 7.41. The van der Waals surface area contributed by atoms with Crippen molar-refractivity contribution in [2.24, 2.45) is 0 Å². The summed E-state index contributed by atoms with van der Waals surface area (Å²) in [5.41, 5.74) is 2.09. The van der Waals surface area contributed by atoms with Gasteiger partial charge in [-0.3, -0.25) is 0 Å². The van der Waals surface area contributed by atoms with Crippen LogP contribution in [-0.4, -0.2) is 16.1 Å². The van der Waals surface area contributed by atoms with E-state index in [1.165, 1.54) is 24.0 Å². The van der Waals surface area contributed by atoms with Gasteiger partial charge in [0.05, 0.1) is 6.26 Å². The highest BCUT2D eigenvalue weighted by atomic mass is 16.6. The molecular formula is C18H16N2O4. The Balaban J connectivity index is 1.56. The summed E-state index contributed by atoms with van der Waals surface area (Å²) in [5, 5.41) is 3.90. The highest BCUT2D eigenvalue weighted by molar-refractivity contribution is 5.86. The molecule has 6 heteroatoms. The maximum atomic E-state index is 11.6. The van der Waals surface area contributed by atoms with Gasteiger partial charge >= 0.3 is 5.97 Å². The Kier molecular flexibility index (Phi) is 4.86. The number of hydrogen-bond acceptors (Lipinski definition) is 6. The zero-order valence-corrected chi connectivity index (χ0v) is 13.1. The molecule has 0 N–H and O–H groups in total. The first-order chi connectivity index (χ1) is 11.7. The van der Waals surface area contributed by atoms with E-state index in [1.807, 2.05) is 24.3 Å². The lowest BCUT2D eigenvalue weighted by Crippen LogP contribution is -2.00. The number of furan rings is 1. The van der Waals surface area contributed by atoms with Gasteiger partial charge in [-0.1, -0.05) is 36.3 Å². The van der Waals surface area contributed by atoms with Crippen LogP contribution in [0.1, 0.15) is 24.1 Å². The molecule has 0 radical (unpaired) electrons. The van der Waals surface area contributed by atoms with Gasteiger partial charge in [0.1, 0.15) is 5.76 Å². The van der Waals surface area contributed by atoms with Crippen molar-refractivity contribution in [3.05, 3.63) is 66.0 Å². The van der Waals surface area contributed by atoms with Gasteiger partial charge in [-0.25, -0.2) is 4.79 Å². The molecule has 0 spiro atoms. The molecule has 0 fully saturated rings. The molecule has 122 valence electrons. The fourth-order valence-corrected chi connectivity index (χ4v) is 2.04. The SMILES string of the molecule is CCc1ccc(-c2noc(COC(=O)/C=C/c3ccco3)n2)cc1. The molecule has 0 aliphatic carbocycles. The van der Waals surface area contributed by atoms with Gasteiger partial charge in [0, 0.05) is 11.6 Å². The molecule has 2 aromatic heterocycles. The molecule has 0 saturated heterocycles. The number of rotatable bonds is 6. The minimum Gasteiger partial charge on any atom is -0.465 e. The molecule has 2 heterocycles. The average molecular weight is 324 g/mol. The second-order valence-corrected chi connectivity index (χ2v) is 5.02. The third kappa shape index (κ3) is 3.98. The first kappa shape index (κ1) is 15.7. The molecule has 6 nitrogen and oxygen atoms in total. The highest BCUT2D eigenvalue weighted by Gasteiger charge is 2.10. The highest BCUT2D eigenvalue weighted by Crippen LogP contribution is 2.17. The smallest absolute Gasteiger partial charge is 0.331 e. The zero-order chi connectivity index (χ0) is 16.8. The molecule has 0 atom stereocenters. The van der Waals surface area contributed by atoms with Crippen molar-refractivity contribution in [3.8, 4) is 11.4 Å². The van der Waals surface area contributed by atoms with E-state index in [9.17, 15) is 4.79 Å². The molecule has 0 unspecified atom stereocenters. The Labute approximate surface area is 138 Å². The molecule has 0 aliphatic rings. The minimum atomic E-state index is -0.515. The van der Waals surface area contributed by atoms with Gasteiger partial charge in [0.15, 0.2) is 6.61 Å². The standard InChI is InChI=1S/C18H16N2O4/c1-2-13-5-7-14(8-6-13)18-19-16(24-20-18)12-23-17(21)10-9-15-4-3-11-22-15/h3-11H,2,12H2,1H3/b10-9+. The third-order valence-corrected chi connectivity index (χ3v) is 3.35. The number of aryl methyl sites for hydroxylation is 1. The van der Waals surface area contributed by atoms with Crippen molar-refractivity contribution in [1.29, 1.82) is 0 Å². The van der Waals surface area contributed by atoms with Gasteiger partial charge in [0.2, 0.25) is 5.82 Å². The van der Waals surface area contributed by atoms with Crippen LogP contribution in [0.2, 0.25) is 0 Å². The van der Waals surface area contributed by atoms with Gasteiger partial charge in [-0.15, -0.1) is 0 Å². The first-order valence-corrected chi connectivity index (χ1v) is 7.55. The van der Waals surface area contributed by atoms with Crippen LogP contribution < -0.4 is 0 Å². The lowest BCUT2D eigenvalue weighted by molar-refractivity contribution is -0.139. The molecule has 24 heavy (non-hydrogen) atoms. The Morgan fingerprint density at radius 2 is 2.08 bits per heavy atom. The van der Waals surface area contributed by atoms with Crippen LogP contribution in [0.3, 0.4) is 0 Å². The summed E-state index contributed by atoms with van der Waals surface area (Å²) >= 11 is 0. The van der Waals surface area contributed by atoms with E-state index in [-0.39, 0.29) is 12.5 Å². The molecule has 3 aromatic rings. The number of esters is 1. The second-order valence-electron chi connectivity index (χ2n) is 5.02. The Hall–Kier alpha value is -3.15. The maximum Gasteiger partial charge on any atom is 0.331 e. The van der Waals surface area contributed by atoms with E-state index in [4.69, 9.17) is 13.7 Å². The Morgan fingerprint density at radius 3 is 2.79 bits per heavy atom. The monoisotopic (exact) mass is 324 g/mol. The fraction of sp³-hybridized carbons (Fsp3) is 0.167. The summed E-state index contributed by atoms with van der Waals surface area (Å²) in [4.78, 5) is 15.8. The van der Waals surface area contributed by atoms with Crippen molar-refractivity contribution in [1.82, 2.24) is 10.1 Å². The number of carbonyl (C=O) groups is 1. The summed E-state index contributed by atoms with van der Waals surface area (Å²) in [5.74, 6) is 0.764. The number of nitrogens with zero attached hydrogens (tertiary/aromatic N) is 2. The van der Waals surface area contributed by atoms with Crippen LogP contribution in [-0.2, 0) is 22.6 Å². The first-order valence-electron chi connectivity index (χ1n) is 7.55. The summed E-state index contributed by atoms with van der Waals surface area (Å²) in [6.45, 7) is 2.01. The van der Waals surface area contributed by atoms with Crippen molar-refractivity contribution in [3.63, 3.8) is 0 Å². The van der Waals surface area contributed by atoms with E-state index in [1.54, 1.807) is 12.1 Å². The minimum absolute atomic E-state index is 0.0820. The van der Waals surface area contributed by atoms with Crippen LogP contribution in [0.5, 0.6) is 0 Å². The van der Waals surface area contributed by atoms with E-state index in [2.05, 4.69) is 17.1 Å². The van der Waals surface area contributed by atoms with Crippen molar-refractivity contribution in [2.45, 2.75) is 20.0 Å². The molecule has 0 amide bonds. The molecular weight excluding hydrogens is 308 g/mol. The summed E-state index contributed by atoms with van der Waals surface area (Å²) in [6, 6.07) is 11.4. The molecule has 0 aliphatic heterocycles. The van der Waals surface area contributed by atoms with Crippen LogP contribution in [0, 0.1) is 0 Å². The Morgan fingerprint density at radius 1 is 1.25 bits per heavy atom. The largest absolute Gasteiger partial charge is 0.465 e. The lowest BCUT2D eigenvalue weighted by Gasteiger charge is -1.97. The Bertz CT molecular complexity index is 817. The van der Waals surface area contributed by atoms with Gasteiger partial charge < -0.3 is 13.7 Å². The predicted molar refractivity (Wildman–Crippen MR) is 86.7 cm³/mol. The maximum absolute atomic E-state index is 11.6. The lowest BCUT2D eigenvalue weighted by atomic mass is 10.1. The molecule has 0 saturated carbocycles. The predicted octanol–water partition coefficient (Wildman–Crippen LogP) is 3.65. The zero-order valence-electron chi connectivity index (χ0n) is 13.1. The number of aromatic nitrogens is 2. The summed E-state index contributed by atoms with van der Waals surface area (Å²) < 4.78 is 15.2. The van der Waals surface area contributed by atoms with Gasteiger partial charge in [-0.2, -0.15) is 4.98 Å². The van der Waals surface area contributed by atoms with Crippen molar-refractivity contribution >= 4 is 12.0 Å². The van der Waals surface area contributed by atoms with Gasteiger partial charge in [0.25, 0.3) is 5.89 Å². The van der Waals surface area contributed by atoms with Crippen molar-refractivity contribution < 1.29 is 18.5 Å². The third-order valence-electron chi connectivity index (χ3n) is 3.35. The summed E-state index contributed by atoms with van der Waals surface area (Å²) in [7, 11) is 0. The number of carbonyl (C=O) groups excluding carboxylic acids is 1. The number of benzene rings is 1.